The molecule has 1 heterocycles. The largest absolute Gasteiger partial charge is 0.384 e. The van der Waals surface area contributed by atoms with Crippen LogP contribution in [-0.4, -0.2) is 52.8 Å². The van der Waals surface area contributed by atoms with Gasteiger partial charge in [0.05, 0.1) is 18.1 Å². The summed E-state index contributed by atoms with van der Waals surface area (Å²) in [6.45, 7) is 1.89. The van der Waals surface area contributed by atoms with Crippen molar-refractivity contribution in [1.29, 1.82) is 0 Å². The Hall–Kier alpha value is -0.820. The Morgan fingerprint density at radius 2 is 1.90 bits per heavy atom. The zero-order chi connectivity index (χ0) is 15.3. The molecule has 2 rings (SSSR count). The second-order valence-electron chi connectivity index (χ2n) is 6.45. The van der Waals surface area contributed by atoms with E-state index in [0.717, 1.165) is 12.8 Å². The van der Waals surface area contributed by atoms with Crippen LogP contribution in [0.3, 0.4) is 0 Å². The first-order valence-electron chi connectivity index (χ1n) is 7.66. The van der Waals surface area contributed by atoms with Crippen molar-refractivity contribution >= 4 is 15.9 Å². The lowest BCUT2D eigenvalue weighted by molar-refractivity contribution is 0.0200. The molecule has 0 radical (unpaired) electrons. The van der Waals surface area contributed by atoms with Gasteiger partial charge >= 0.3 is 6.03 Å². The van der Waals surface area contributed by atoms with E-state index in [4.69, 9.17) is 4.74 Å². The van der Waals surface area contributed by atoms with Crippen LogP contribution in [0.2, 0.25) is 0 Å². The lowest BCUT2D eigenvalue weighted by atomic mass is 9.69. The average Bonchev–Trinajstić information content (AvgIpc) is 2.40. The van der Waals surface area contributed by atoms with Gasteiger partial charge in [0.15, 0.2) is 0 Å². The van der Waals surface area contributed by atoms with Crippen molar-refractivity contribution in [2.75, 3.05) is 38.3 Å². The third kappa shape index (κ3) is 4.85. The molecule has 2 fully saturated rings. The maximum absolute atomic E-state index is 11.8. The van der Waals surface area contributed by atoms with Crippen LogP contribution in [0.25, 0.3) is 0 Å². The molecule has 122 valence electrons. The van der Waals surface area contributed by atoms with Gasteiger partial charge in [-0.25, -0.2) is 13.2 Å². The summed E-state index contributed by atoms with van der Waals surface area (Å²) in [4.78, 5) is 11.8. The third-order valence-corrected chi connectivity index (χ3v) is 6.43. The van der Waals surface area contributed by atoms with Crippen molar-refractivity contribution in [3.05, 3.63) is 0 Å². The van der Waals surface area contributed by atoms with Gasteiger partial charge in [0.1, 0.15) is 9.84 Å². The van der Waals surface area contributed by atoms with Crippen molar-refractivity contribution in [3.8, 4) is 0 Å². The molecule has 0 aromatic rings. The topological polar surface area (TPSA) is 84.5 Å². The van der Waals surface area contributed by atoms with Crippen molar-refractivity contribution in [2.24, 2.45) is 11.3 Å². The molecule has 0 bridgehead atoms. The number of carbonyl (C=O) groups is 1. The lowest BCUT2D eigenvalue weighted by Crippen LogP contribution is -2.48. The predicted octanol–water partition coefficient (Wildman–Crippen LogP) is 0.927. The molecule has 2 N–H and O–H groups in total. The summed E-state index contributed by atoms with van der Waals surface area (Å²) in [5, 5.41) is 5.77. The quantitative estimate of drug-likeness (QED) is 0.763. The Morgan fingerprint density at radius 1 is 1.24 bits per heavy atom. The highest BCUT2D eigenvalue weighted by Gasteiger charge is 2.37. The third-order valence-electron chi connectivity index (χ3n) is 4.71. The van der Waals surface area contributed by atoms with Crippen LogP contribution >= 0.6 is 0 Å². The number of nitrogens with one attached hydrogen (secondary N) is 2. The molecule has 0 aromatic carbocycles. The number of urea groups is 1. The molecule has 6 nitrogen and oxygen atoms in total. The van der Waals surface area contributed by atoms with Crippen LogP contribution in [0.15, 0.2) is 0 Å². The number of hydrogen-bond donors (Lipinski definition) is 2. The number of rotatable bonds is 6. The first-order chi connectivity index (χ1) is 9.95. The van der Waals surface area contributed by atoms with E-state index in [2.05, 4.69) is 10.6 Å². The lowest BCUT2D eigenvalue weighted by Gasteiger charge is -2.41. The smallest absolute Gasteiger partial charge is 0.314 e. The first-order valence-corrected chi connectivity index (χ1v) is 9.48. The maximum Gasteiger partial charge on any atom is 0.314 e. The number of ether oxygens (including phenoxy) is 1. The Kier molecular flexibility index (Phi) is 5.48. The summed E-state index contributed by atoms with van der Waals surface area (Å²) in [5.41, 5.74) is 0.116. The van der Waals surface area contributed by atoms with Gasteiger partial charge in [-0.2, -0.15) is 0 Å². The fourth-order valence-corrected chi connectivity index (χ4v) is 4.65. The molecule has 0 atom stereocenters. The predicted molar refractivity (Wildman–Crippen MR) is 80.9 cm³/mol. The molecule has 0 spiro atoms. The van der Waals surface area contributed by atoms with E-state index in [1.807, 2.05) is 0 Å². The summed E-state index contributed by atoms with van der Waals surface area (Å²) < 4.78 is 27.9. The first kappa shape index (κ1) is 16.5. The van der Waals surface area contributed by atoms with E-state index in [-0.39, 0.29) is 28.9 Å². The Bertz CT molecular complexity index is 446. The molecule has 0 unspecified atom stereocenters. The zero-order valence-corrected chi connectivity index (χ0v) is 13.5. The van der Waals surface area contributed by atoms with Gasteiger partial charge in [-0.1, -0.05) is 6.42 Å². The number of hydrogen-bond acceptors (Lipinski definition) is 4. The normalized spacial score (nSPS) is 24.0. The van der Waals surface area contributed by atoms with Gasteiger partial charge < -0.3 is 15.4 Å². The molecule has 1 saturated carbocycles. The average molecular weight is 318 g/mol. The minimum Gasteiger partial charge on any atom is -0.384 e. The second kappa shape index (κ2) is 6.96. The van der Waals surface area contributed by atoms with E-state index in [1.54, 1.807) is 7.11 Å². The highest BCUT2D eigenvalue weighted by molar-refractivity contribution is 7.91. The van der Waals surface area contributed by atoms with Crippen LogP contribution < -0.4 is 10.6 Å². The molecule has 1 aliphatic heterocycles. The summed E-state index contributed by atoms with van der Waals surface area (Å²) in [7, 11) is -1.14. The van der Waals surface area contributed by atoms with Crippen molar-refractivity contribution in [1.82, 2.24) is 10.6 Å². The van der Waals surface area contributed by atoms with Crippen LogP contribution in [0.1, 0.15) is 32.1 Å². The highest BCUT2D eigenvalue weighted by Crippen LogP contribution is 2.40. The summed E-state index contributed by atoms with van der Waals surface area (Å²) in [6, 6.07) is -0.161. The molecule has 2 amide bonds. The second-order valence-corrected chi connectivity index (χ2v) is 8.75. The molecule has 1 saturated heterocycles. The molecular formula is C14H26N2O4S. The number of carbonyl (C=O) groups excluding carboxylic acids is 1. The van der Waals surface area contributed by atoms with Gasteiger partial charge in [-0.3, -0.25) is 0 Å². The molecule has 0 aromatic heterocycles. The van der Waals surface area contributed by atoms with E-state index in [0.29, 0.717) is 32.5 Å². The standard InChI is InChI=1S/C14H26N2O4S/c1-20-11-14(5-2-6-14)10-16-13(17)15-9-12-3-7-21(18,19)8-4-12/h12H,2-11H2,1H3,(H2,15,16,17). The molecule has 21 heavy (non-hydrogen) atoms. The molecule has 7 heteroatoms. The van der Waals surface area contributed by atoms with Gasteiger partial charge in [0, 0.05) is 25.6 Å². The Labute approximate surface area is 126 Å². The van der Waals surface area contributed by atoms with Crippen LogP contribution in [-0.2, 0) is 14.6 Å². The van der Waals surface area contributed by atoms with Crippen LogP contribution in [0.4, 0.5) is 4.79 Å². The zero-order valence-electron chi connectivity index (χ0n) is 12.7. The minimum atomic E-state index is -2.83. The van der Waals surface area contributed by atoms with E-state index in [9.17, 15) is 13.2 Å². The molecular weight excluding hydrogens is 292 g/mol. The number of methoxy groups -OCH3 is 1. The van der Waals surface area contributed by atoms with Crippen LogP contribution in [0.5, 0.6) is 0 Å². The molecule has 2 aliphatic rings. The molecule has 1 aliphatic carbocycles. The van der Waals surface area contributed by atoms with E-state index >= 15 is 0 Å². The monoisotopic (exact) mass is 318 g/mol. The maximum atomic E-state index is 11.8. The van der Waals surface area contributed by atoms with Crippen molar-refractivity contribution < 1.29 is 17.9 Å². The fourth-order valence-electron chi connectivity index (χ4n) is 3.07. The van der Waals surface area contributed by atoms with Gasteiger partial charge in [-0.15, -0.1) is 0 Å². The summed E-state index contributed by atoms with van der Waals surface area (Å²) >= 11 is 0. The summed E-state index contributed by atoms with van der Waals surface area (Å²) in [5.74, 6) is 0.770. The van der Waals surface area contributed by atoms with Crippen LogP contribution in [0, 0.1) is 11.3 Å². The van der Waals surface area contributed by atoms with Gasteiger partial charge in [0.2, 0.25) is 0 Å². The number of sulfone groups is 1. The highest BCUT2D eigenvalue weighted by atomic mass is 32.2. The summed E-state index contributed by atoms with van der Waals surface area (Å²) in [6.07, 6.45) is 4.69. The Morgan fingerprint density at radius 3 is 2.43 bits per heavy atom. The number of amides is 2. The van der Waals surface area contributed by atoms with Crippen molar-refractivity contribution in [3.63, 3.8) is 0 Å². The van der Waals surface area contributed by atoms with Gasteiger partial charge in [-0.05, 0) is 31.6 Å². The SMILES string of the molecule is COCC1(CNC(=O)NCC2CCS(=O)(=O)CC2)CCC1. The van der Waals surface area contributed by atoms with Gasteiger partial charge in [0.25, 0.3) is 0 Å². The fraction of sp³-hybridized carbons (Fsp3) is 0.929. The van der Waals surface area contributed by atoms with E-state index in [1.165, 1.54) is 6.42 Å². The minimum absolute atomic E-state index is 0.116. The van der Waals surface area contributed by atoms with Crippen molar-refractivity contribution in [2.45, 2.75) is 32.1 Å². The van der Waals surface area contributed by atoms with E-state index < -0.39 is 9.84 Å². The Balaban J connectivity index is 1.64.